The Labute approximate surface area is 93.5 Å². The van der Waals surface area contributed by atoms with Gasteiger partial charge in [0.15, 0.2) is 0 Å². The third-order valence-electron chi connectivity index (χ3n) is 2.31. The number of aryl methyl sites for hydroxylation is 1. The molecule has 15 heavy (non-hydrogen) atoms. The molecule has 2 rings (SSSR count). The van der Waals surface area contributed by atoms with Crippen molar-refractivity contribution < 1.29 is 0 Å². The van der Waals surface area contributed by atoms with E-state index in [1.807, 2.05) is 38.2 Å². The van der Waals surface area contributed by atoms with Gasteiger partial charge in [-0.05, 0) is 19.1 Å². The molecule has 0 fully saturated rings. The van der Waals surface area contributed by atoms with Crippen molar-refractivity contribution >= 4 is 17.3 Å². The number of nitrogens with zero attached hydrogens (tertiary/aromatic N) is 1. The molecule has 0 aliphatic rings. The predicted octanol–water partition coefficient (Wildman–Crippen LogP) is 3.08. The van der Waals surface area contributed by atoms with Crippen LogP contribution in [0.1, 0.15) is 5.69 Å². The third-order valence-corrected chi connectivity index (χ3v) is 2.57. The fraction of sp³-hybridized carbons (Fsp3) is 0.182. The minimum Gasteiger partial charge on any atom is -0.385 e. The van der Waals surface area contributed by atoms with E-state index in [2.05, 4.69) is 15.5 Å². The molecule has 78 valence electrons. The zero-order chi connectivity index (χ0) is 10.8. The van der Waals surface area contributed by atoms with Crippen molar-refractivity contribution in [3.63, 3.8) is 0 Å². The maximum atomic E-state index is 5.83. The van der Waals surface area contributed by atoms with Gasteiger partial charge in [0.2, 0.25) is 0 Å². The molecule has 0 aliphatic heterocycles. The van der Waals surface area contributed by atoms with Gasteiger partial charge in [-0.15, -0.1) is 0 Å². The molecule has 0 aliphatic carbocycles. The Morgan fingerprint density at radius 3 is 2.53 bits per heavy atom. The number of rotatable bonds is 2. The van der Waals surface area contributed by atoms with Gasteiger partial charge in [0.1, 0.15) is 5.69 Å². The first-order valence-electron chi connectivity index (χ1n) is 4.71. The van der Waals surface area contributed by atoms with E-state index < -0.39 is 0 Å². The molecule has 0 atom stereocenters. The van der Waals surface area contributed by atoms with Crippen molar-refractivity contribution in [1.82, 2.24) is 10.2 Å². The van der Waals surface area contributed by atoms with Gasteiger partial charge in [-0.3, -0.25) is 5.10 Å². The molecule has 0 radical (unpaired) electrons. The van der Waals surface area contributed by atoms with Crippen molar-refractivity contribution in [3.8, 4) is 11.3 Å². The topological polar surface area (TPSA) is 40.7 Å². The summed E-state index contributed by atoms with van der Waals surface area (Å²) in [4.78, 5) is 0. The summed E-state index contributed by atoms with van der Waals surface area (Å²) in [6.07, 6.45) is 0. The van der Waals surface area contributed by atoms with E-state index in [4.69, 9.17) is 11.6 Å². The summed E-state index contributed by atoms with van der Waals surface area (Å²) in [5, 5.41) is 11.1. The molecule has 3 nitrogen and oxygen atoms in total. The largest absolute Gasteiger partial charge is 0.385 e. The van der Waals surface area contributed by atoms with Crippen LogP contribution in [0.4, 0.5) is 5.69 Å². The quantitative estimate of drug-likeness (QED) is 0.818. The second kappa shape index (κ2) is 3.95. The number of benzene rings is 1. The van der Waals surface area contributed by atoms with Crippen molar-refractivity contribution in [2.24, 2.45) is 0 Å². The predicted molar refractivity (Wildman–Crippen MR) is 63.3 cm³/mol. The number of aromatic nitrogens is 2. The fourth-order valence-electron chi connectivity index (χ4n) is 1.55. The summed E-state index contributed by atoms with van der Waals surface area (Å²) in [7, 11) is 1.89. The number of H-pyrrole nitrogens is 1. The van der Waals surface area contributed by atoms with Crippen LogP contribution in [-0.2, 0) is 0 Å². The molecule has 0 saturated carbocycles. The second-order valence-electron chi connectivity index (χ2n) is 3.33. The summed E-state index contributed by atoms with van der Waals surface area (Å²) in [6.45, 7) is 1.98. The lowest BCUT2D eigenvalue weighted by Gasteiger charge is -2.02. The highest BCUT2D eigenvalue weighted by atomic mass is 35.5. The molecule has 0 unspecified atom stereocenters. The van der Waals surface area contributed by atoms with Gasteiger partial charge in [0.05, 0.1) is 11.4 Å². The van der Waals surface area contributed by atoms with Crippen LogP contribution in [0.2, 0.25) is 5.02 Å². The normalized spacial score (nSPS) is 10.3. The minimum atomic E-state index is 0.733. The molecule has 2 N–H and O–H groups in total. The van der Waals surface area contributed by atoms with Crippen LogP contribution in [0, 0.1) is 6.92 Å². The molecule has 1 aromatic carbocycles. The highest BCUT2D eigenvalue weighted by Crippen LogP contribution is 2.28. The van der Waals surface area contributed by atoms with E-state index in [1.165, 1.54) is 0 Å². The van der Waals surface area contributed by atoms with Gasteiger partial charge < -0.3 is 5.32 Å². The lowest BCUT2D eigenvalue weighted by molar-refractivity contribution is 1.05. The summed E-state index contributed by atoms with van der Waals surface area (Å²) in [5.74, 6) is 0. The molecule has 1 aromatic heterocycles. The molecule has 0 bridgehead atoms. The average Bonchev–Trinajstić information content (AvgIpc) is 2.61. The number of halogens is 1. The van der Waals surface area contributed by atoms with Gasteiger partial charge in [-0.1, -0.05) is 23.7 Å². The number of nitrogens with one attached hydrogen (secondary N) is 2. The molecule has 0 saturated heterocycles. The van der Waals surface area contributed by atoms with Crippen LogP contribution in [-0.4, -0.2) is 17.2 Å². The van der Waals surface area contributed by atoms with Crippen molar-refractivity contribution in [2.45, 2.75) is 6.92 Å². The monoisotopic (exact) mass is 221 g/mol. The molecule has 1 heterocycles. The number of aromatic amines is 1. The second-order valence-corrected chi connectivity index (χ2v) is 3.77. The van der Waals surface area contributed by atoms with Gasteiger partial charge in [-0.25, -0.2) is 0 Å². The van der Waals surface area contributed by atoms with Crippen molar-refractivity contribution in [3.05, 3.63) is 35.0 Å². The summed E-state index contributed by atoms with van der Waals surface area (Å²) >= 11 is 5.83. The molecule has 2 aromatic rings. The Kier molecular flexibility index (Phi) is 2.64. The minimum absolute atomic E-state index is 0.733. The first kappa shape index (κ1) is 10.1. The molecule has 4 heteroatoms. The van der Waals surface area contributed by atoms with E-state index in [0.29, 0.717) is 0 Å². The maximum Gasteiger partial charge on any atom is 0.115 e. The lowest BCUT2D eigenvalue weighted by Crippen LogP contribution is -1.90. The van der Waals surface area contributed by atoms with Crippen LogP contribution in [0.3, 0.4) is 0 Å². The number of anilines is 1. The smallest absolute Gasteiger partial charge is 0.115 e. The summed E-state index contributed by atoms with van der Waals surface area (Å²) in [6, 6.07) is 7.64. The Hall–Kier alpha value is -1.48. The third kappa shape index (κ3) is 1.83. The highest BCUT2D eigenvalue weighted by molar-refractivity contribution is 6.30. The fourth-order valence-corrected chi connectivity index (χ4v) is 1.68. The van der Waals surface area contributed by atoms with E-state index >= 15 is 0 Å². The SMILES string of the molecule is CNc1c(-c2ccc(Cl)cc2)n[nH]c1C. The number of hydrogen-bond donors (Lipinski definition) is 2. The van der Waals surface area contributed by atoms with E-state index in [-0.39, 0.29) is 0 Å². The van der Waals surface area contributed by atoms with Crippen LogP contribution in [0.25, 0.3) is 11.3 Å². The number of hydrogen-bond acceptors (Lipinski definition) is 2. The van der Waals surface area contributed by atoms with Crippen molar-refractivity contribution in [2.75, 3.05) is 12.4 Å². The summed E-state index contributed by atoms with van der Waals surface area (Å²) in [5.41, 5.74) is 4.03. The summed E-state index contributed by atoms with van der Waals surface area (Å²) < 4.78 is 0. The first-order valence-corrected chi connectivity index (χ1v) is 5.09. The zero-order valence-corrected chi connectivity index (χ0v) is 9.39. The van der Waals surface area contributed by atoms with Gasteiger partial charge in [0, 0.05) is 17.6 Å². The Morgan fingerprint density at radius 2 is 1.93 bits per heavy atom. The first-order chi connectivity index (χ1) is 7.22. The lowest BCUT2D eigenvalue weighted by atomic mass is 10.1. The zero-order valence-electron chi connectivity index (χ0n) is 8.63. The van der Waals surface area contributed by atoms with Gasteiger partial charge in [-0.2, -0.15) is 5.10 Å². The Balaban J connectivity index is 2.49. The van der Waals surface area contributed by atoms with E-state index in [0.717, 1.165) is 27.7 Å². The van der Waals surface area contributed by atoms with E-state index in [1.54, 1.807) is 0 Å². The molecule has 0 spiro atoms. The Bertz CT molecular complexity index is 459. The molecular formula is C11H12ClN3. The van der Waals surface area contributed by atoms with Crippen LogP contribution < -0.4 is 5.32 Å². The van der Waals surface area contributed by atoms with Crippen LogP contribution in [0.15, 0.2) is 24.3 Å². The van der Waals surface area contributed by atoms with Crippen molar-refractivity contribution in [1.29, 1.82) is 0 Å². The van der Waals surface area contributed by atoms with Gasteiger partial charge in [0.25, 0.3) is 0 Å². The average molecular weight is 222 g/mol. The highest BCUT2D eigenvalue weighted by Gasteiger charge is 2.10. The molecular weight excluding hydrogens is 210 g/mol. The maximum absolute atomic E-state index is 5.83. The standard InChI is InChI=1S/C11H12ClN3/c1-7-10(13-2)11(15-14-7)8-3-5-9(12)6-4-8/h3-6,13H,1-2H3,(H,14,15). The van der Waals surface area contributed by atoms with E-state index in [9.17, 15) is 0 Å². The Morgan fingerprint density at radius 1 is 1.27 bits per heavy atom. The van der Waals surface area contributed by atoms with Crippen LogP contribution in [0.5, 0.6) is 0 Å². The van der Waals surface area contributed by atoms with Crippen LogP contribution >= 0.6 is 11.6 Å². The molecule has 0 amide bonds. The van der Waals surface area contributed by atoms with Gasteiger partial charge >= 0.3 is 0 Å².